The molecule has 1 unspecified atom stereocenters. The molecule has 0 spiro atoms. The predicted octanol–water partition coefficient (Wildman–Crippen LogP) is 3.63. The maximum Gasteiger partial charge on any atom is 0.247 e. The molecule has 1 heterocycles. The van der Waals surface area contributed by atoms with Crippen molar-refractivity contribution in [3.63, 3.8) is 0 Å². The van der Waals surface area contributed by atoms with E-state index in [1.807, 2.05) is 70.2 Å². The minimum absolute atomic E-state index is 0.156. The fourth-order valence-corrected chi connectivity index (χ4v) is 3.40. The van der Waals surface area contributed by atoms with Crippen LogP contribution in [0.2, 0.25) is 5.02 Å². The highest BCUT2D eigenvalue weighted by molar-refractivity contribution is 6.31. The number of rotatable bonds is 7. The Labute approximate surface area is 198 Å². The number of halogens is 1. The number of carbonyl (C=O) groups excluding carboxylic acids is 2. The lowest BCUT2D eigenvalue weighted by Crippen LogP contribution is -2.53. The van der Waals surface area contributed by atoms with Crippen LogP contribution in [-0.2, 0) is 22.7 Å². The lowest BCUT2D eigenvalue weighted by atomic mass is 10.1. The summed E-state index contributed by atoms with van der Waals surface area (Å²) in [5, 5.41) is 15.9. The van der Waals surface area contributed by atoms with Crippen LogP contribution in [0.3, 0.4) is 0 Å². The summed E-state index contributed by atoms with van der Waals surface area (Å²) in [4.78, 5) is 28.9. The van der Waals surface area contributed by atoms with Crippen molar-refractivity contribution in [1.82, 2.24) is 30.4 Å². The zero-order chi connectivity index (χ0) is 24.2. The van der Waals surface area contributed by atoms with Gasteiger partial charge in [0.25, 0.3) is 0 Å². The minimum atomic E-state index is -0.729. The van der Waals surface area contributed by atoms with Gasteiger partial charge in [0.05, 0.1) is 0 Å². The van der Waals surface area contributed by atoms with E-state index in [1.54, 1.807) is 13.0 Å². The highest BCUT2D eigenvalue weighted by Gasteiger charge is 2.29. The van der Waals surface area contributed by atoms with Gasteiger partial charge in [0.1, 0.15) is 12.6 Å². The average molecular weight is 469 g/mol. The maximum atomic E-state index is 13.3. The van der Waals surface area contributed by atoms with Crippen molar-refractivity contribution in [1.29, 1.82) is 0 Å². The lowest BCUT2D eigenvalue weighted by molar-refractivity contribution is -0.142. The zero-order valence-corrected chi connectivity index (χ0v) is 20.3. The van der Waals surface area contributed by atoms with Gasteiger partial charge in [-0.2, -0.15) is 4.80 Å². The third-order valence-electron chi connectivity index (χ3n) is 5.00. The number of amides is 2. The molecule has 1 atom stereocenters. The SMILES string of the molecule is Cc1ccc(-c2nnn(CC(=O)N(Cc3ccccc3Cl)C(C)C(=O)NC(C)(C)C)n2)cc1. The van der Waals surface area contributed by atoms with Crippen molar-refractivity contribution >= 4 is 23.4 Å². The Morgan fingerprint density at radius 3 is 2.42 bits per heavy atom. The first-order valence-corrected chi connectivity index (χ1v) is 11.1. The Morgan fingerprint density at radius 1 is 1.12 bits per heavy atom. The van der Waals surface area contributed by atoms with Gasteiger partial charge in [0.2, 0.25) is 17.6 Å². The average Bonchev–Trinajstić information content (AvgIpc) is 3.20. The van der Waals surface area contributed by atoms with Gasteiger partial charge in [0, 0.05) is 22.7 Å². The second-order valence-corrected chi connectivity index (χ2v) is 9.44. The van der Waals surface area contributed by atoms with E-state index in [0.717, 1.165) is 16.7 Å². The summed E-state index contributed by atoms with van der Waals surface area (Å²) in [5.41, 5.74) is 2.25. The van der Waals surface area contributed by atoms with Crippen LogP contribution >= 0.6 is 11.6 Å². The Hall–Kier alpha value is -3.26. The van der Waals surface area contributed by atoms with Gasteiger partial charge in [-0.15, -0.1) is 10.2 Å². The summed E-state index contributed by atoms with van der Waals surface area (Å²) >= 11 is 6.33. The molecule has 33 heavy (non-hydrogen) atoms. The van der Waals surface area contributed by atoms with Crippen molar-refractivity contribution in [2.75, 3.05) is 0 Å². The molecule has 0 bridgehead atoms. The van der Waals surface area contributed by atoms with Gasteiger partial charge >= 0.3 is 0 Å². The van der Waals surface area contributed by atoms with E-state index < -0.39 is 11.6 Å². The molecule has 0 saturated heterocycles. The van der Waals surface area contributed by atoms with Crippen LogP contribution in [0.25, 0.3) is 11.4 Å². The van der Waals surface area contributed by atoms with Gasteiger partial charge in [-0.25, -0.2) is 0 Å². The van der Waals surface area contributed by atoms with E-state index in [4.69, 9.17) is 11.6 Å². The maximum absolute atomic E-state index is 13.3. The predicted molar refractivity (Wildman–Crippen MR) is 127 cm³/mol. The van der Waals surface area contributed by atoms with E-state index in [2.05, 4.69) is 20.7 Å². The summed E-state index contributed by atoms with van der Waals surface area (Å²) in [6, 6.07) is 14.3. The van der Waals surface area contributed by atoms with Gasteiger partial charge < -0.3 is 10.2 Å². The van der Waals surface area contributed by atoms with Gasteiger partial charge in [-0.3, -0.25) is 9.59 Å². The first-order chi connectivity index (χ1) is 15.5. The molecule has 174 valence electrons. The van der Waals surface area contributed by atoms with Crippen LogP contribution < -0.4 is 5.32 Å². The van der Waals surface area contributed by atoms with Crippen LogP contribution in [0.1, 0.15) is 38.8 Å². The quantitative estimate of drug-likeness (QED) is 0.571. The molecule has 0 fully saturated rings. The van der Waals surface area contributed by atoms with E-state index in [1.165, 1.54) is 9.70 Å². The molecule has 2 amide bonds. The van der Waals surface area contributed by atoms with Crippen LogP contribution in [0, 0.1) is 6.92 Å². The smallest absolute Gasteiger partial charge is 0.247 e. The van der Waals surface area contributed by atoms with Crippen LogP contribution in [-0.4, -0.2) is 48.5 Å². The van der Waals surface area contributed by atoms with E-state index in [9.17, 15) is 9.59 Å². The fraction of sp³-hybridized carbons (Fsp3) is 0.375. The normalized spacial score (nSPS) is 12.3. The van der Waals surface area contributed by atoms with Crippen LogP contribution in [0.5, 0.6) is 0 Å². The summed E-state index contributed by atoms with van der Waals surface area (Å²) in [6.45, 7) is 9.39. The molecule has 3 rings (SSSR count). The van der Waals surface area contributed by atoms with E-state index >= 15 is 0 Å². The summed E-state index contributed by atoms with van der Waals surface area (Å²) in [7, 11) is 0. The molecular weight excluding hydrogens is 440 g/mol. The number of aromatic nitrogens is 4. The molecule has 0 aliphatic heterocycles. The van der Waals surface area contributed by atoms with Crippen molar-refractivity contribution < 1.29 is 9.59 Å². The third-order valence-corrected chi connectivity index (χ3v) is 5.37. The molecule has 9 heteroatoms. The Morgan fingerprint density at radius 2 is 1.79 bits per heavy atom. The molecule has 1 aromatic heterocycles. The summed E-state index contributed by atoms with van der Waals surface area (Å²) in [5.74, 6) is -0.145. The number of carbonyl (C=O) groups is 2. The highest BCUT2D eigenvalue weighted by Crippen LogP contribution is 2.19. The van der Waals surface area contributed by atoms with Gasteiger partial charge in [-0.05, 0) is 51.5 Å². The number of benzene rings is 2. The molecule has 1 N–H and O–H groups in total. The van der Waals surface area contributed by atoms with Gasteiger partial charge in [-0.1, -0.05) is 59.6 Å². The van der Waals surface area contributed by atoms with E-state index in [-0.39, 0.29) is 24.9 Å². The molecule has 0 saturated carbocycles. The summed E-state index contributed by atoms with van der Waals surface area (Å²) in [6.07, 6.45) is 0. The molecule has 0 aliphatic carbocycles. The number of hydrogen-bond acceptors (Lipinski definition) is 5. The number of nitrogens with zero attached hydrogens (tertiary/aromatic N) is 5. The topological polar surface area (TPSA) is 93.0 Å². The standard InChI is InChI=1S/C24H29ClN6O2/c1-16-10-12-18(13-11-16)22-27-29-31(28-22)15-21(32)30(14-19-8-6-7-9-20(19)25)17(2)23(33)26-24(3,4)5/h6-13,17H,14-15H2,1-5H3,(H,26,33). The zero-order valence-electron chi connectivity index (χ0n) is 19.5. The second-order valence-electron chi connectivity index (χ2n) is 9.04. The third kappa shape index (κ3) is 6.61. The highest BCUT2D eigenvalue weighted by atomic mass is 35.5. The number of hydrogen-bond donors (Lipinski definition) is 1. The van der Waals surface area contributed by atoms with E-state index in [0.29, 0.717) is 10.8 Å². The molecule has 2 aromatic carbocycles. The monoisotopic (exact) mass is 468 g/mol. The number of nitrogens with one attached hydrogen (secondary N) is 1. The van der Waals surface area contributed by atoms with Crippen molar-refractivity contribution in [3.05, 3.63) is 64.7 Å². The second kappa shape index (κ2) is 10.1. The van der Waals surface area contributed by atoms with Crippen LogP contribution in [0.15, 0.2) is 48.5 Å². The Kier molecular flexibility index (Phi) is 7.48. The van der Waals surface area contributed by atoms with Crippen molar-refractivity contribution in [2.24, 2.45) is 0 Å². The molecule has 0 aliphatic rings. The largest absolute Gasteiger partial charge is 0.350 e. The van der Waals surface area contributed by atoms with Crippen molar-refractivity contribution in [2.45, 2.75) is 59.3 Å². The molecule has 8 nitrogen and oxygen atoms in total. The molecule has 0 radical (unpaired) electrons. The fourth-order valence-electron chi connectivity index (χ4n) is 3.21. The summed E-state index contributed by atoms with van der Waals surface area (Å²) < 4.78 is 0. The first kappa shape index (κ1) is 24.4. The minimum Gasteiger partial charge on any atom is -0.350 e. The number of tetrazole rings is 1. The molecular formula is C24H29ClN6O2. The Bertz CT molecular complexity index is 1120. The Balaban J connectivity index is 1.82. The lowest BCUT2D eigenvalue weighted by Gasteiger charge is -2.31. The van der Waals surface area contributed by atoms with Gasteiger partial charge in [0.15, 0.2) is 0 Å². The van der Waals surface area contributed by atoms with Crippen molar-refractivity contribution in [3.8, 4) is 11.4 Å². The van der Waals surface area contributed by atoms with Crippen LogP contribution in [0.4, 0.5) is 0 Å². The first-order valence-electron chi connectivity index (χ1n) is 10.7. The molecule has 3 aromatic rings. The number of aryl methyl sites for hydroxylation is 1.